The summed E-state index contributed by atoms with van der Waals surface area (Å²) in [6.07, 6.45) is -1.93. The molecule has 0 saturated heterocycles. The maximum Gasteiger partial charge on any atom is 0.490 e. The monoisotopic (exact) mass is 310 g/mol. The molecule has 0 aromatic carbocycles. The highest BCUT2D eigenvalue weighted by Gasteiger charge is 2.38. The fourth-order valence-electron chi connectivity index (χ4n) is 1.20. The molecule has 0 amide bonds. The van der Waals surface area contributed by atoms with E-state index in [1.807, 2.05) is 0 Å². The second-order valence-electron chi connectivity index (χ2n) is 3.82. The van der Waals surface area contributed by atoms with Crippen LogP contribution < -0.4 is 5.73 Å². The highest BCUT2D eigenvalue weighted by atomic mass is 19.4. The third kappa shape index (κ3) is 5.09. The Bertz CT molecular complexity index is 694. The van der Waals surface area contributed by atoms with E-state index in [0.29, 0.717) is 22.6 Å². The molecule has 2 aromatic heterocycles. The molecule has 2 heterocycles. The normalized spacial score (nSPS) is 10.1. The van der Waals surface area contributed by atoms with Crippen LogP contribution in [-0.2, 0) is 4.79 Å². The number of carboxylic acids is 1. The smallest absolute Gasteiger partial charge is 0.475 e. The van der Waals surface area contributed by atoms with Crippen molar-refractivity contribution in [2.24, 2.45) is 0 Å². The third-order valence-corrected chi connectivity index (χ3v) is 2.18. The minimum absolute atomic E-state index is 0.568. The predicted octanol–water partition coefficient (Wildman–Crippen LogP) is 2.23. The van der Waals surface area contributed by atoms with Crippen LogP contribution in [-0.4, -0.2) is 27.2 Å². The molecule has 114 valence electrons. The van der Waals surface area contributed by atoms with Crippen LogP contribution in [0.3, 0.4) is 0 Å². The van der Waals surface area contributed by atoms with Crippen LogP contribution >= 0.6 is 0 Å². The van der Waals surface area contributed by atoms with Crippen molar-refractivity contribution in [1.29, 1.82) is 5.26 Å². The van der Waals surface area contributed by atoms with Crippen molar-refractivity contribution in [2.75, 3.05) is 5.73 Å². The van der Waals surface area contributed by atoms with Gasteiger partial charge < -0.3 is 10.8 Å². The van der Waals surface area contributed by atoms with Crippen LogP contribution in [0, 0.1) is 11.3 Å². The van der Waals surface area contributed by atoms with Crippen molar-refractivity contribution >= 4 is 11.7 Å². The summed E-state index contributed by atoms with van der Waals surface area (Å²) >= 11 is 0. The van der Waals surface area contributed by atoms with Gasteiger partial charge in [-0.2, -0.15) is 18.4 Å². The number of alkyl halides is 3. The number of nitrogen functional groups attached to an aromatic ring is 1. The van der Waals surface area contributed by atoms with Crippen molar-refractivity contribution in [1.82, 2.24) is 9.97 Å². The van der Waals surface area contributed by atoms with Crippen LogP contribution in [0.4, 0.5) is 18.9 Å². The van der Waals surface area contributed by atoms with Gasteiger partial charge in [-0.25, -0.2) is 4.79 Å². The fourth-order valence-corrected chi connectivity index (χ4v) is 1.20. The van der Waals surface area contributed by atoms with Gasteiger partial charge in [-0.05, 0) is 24.3 Å². The summed E-state index contributed by atoms with van der Waals surface area (Å²) in [5.41, 5.74) is 8.08. The van der Waals surface area contributed by atoms with Crippen LogP contribution in [0.1, 0.15) is 5.56 Å². The zero-order valence-electron chi connectivity index (χ0n) is 10.9. The molecule has 0 spiro atoms. The van der Waals surface area contributed by atoms with E-state index in [9.17, 15) is 13.2 Å². The number of aliphatic carboxylic acids is 1. The molecule has 0 aliphatic carbocycles. The van der Waals surface area contributed by atoms with Crippen molar-refractivity contribution in [2.45, 2.75) is 6.18 Å². The Balaban J connectivity index is 0.000000295. The fraction of sp³-hybridized carbons (Fsp3) is 0.0769. The molecular weight excluding hydrogens is 301 g/mol. The Hall–Kier alpha value is -3.15. The van der Waals surface area contributed by atoms with Crippen molar-refractivity contribution in [3.05, 3.63) is 42.2 Å². The lowest BCUT2D eigenvalue weighted by Crippen LogP contribution is -2.21. The van der Waals surface area contributed by atoms with Gasteiger partial charge in [-0.3, -0.25) is 9.97 Å². The van der Waals surface area contributed by atoms with Crippen molar-refractivity contribution in [3.63, 3.8) is 0 Å². The number of anilines is 1. The lowest BCUT2D eigenvalue weighted by molar-refractivity contribution is -0.192. The first-order chi connectivity index (χ1) is 10.2. The number of nitrogens with zero attached hydrogens (tertiary/aromatic N) is 3. The highest BCUT2D eigenvalue weighted by molar-refractivity contribution is 5.73. The minimum atomic E-state index is -5.08. The quantitative estimate of drug-likeness (QED) is 0.835. The molecule has 6 nitrogen and oxygen atoms in total. The van der Waals surface area contributed by atoms with Gasteiger partial charge in [-0.1, -0.05) is 0 Å². The number of nitriles is 1. The van der Waals surface area contributed by atoms with Gasteiger partial charge >= 0.3 is 12.1 Å². The maximum atomic E-state index is 10.6. The van der Waals surface area contributed by atoms with Gasteiger partial charge in [0.1, 0.15) is 0 Å². The molecule has 3 N–H and O–H groups in total. The van der Waals surface area contributed by atoms with Crippen LogP contribution in [0.15, 0.2) is 36.7 Å². The Kier molecular flexibility index (Phi) is 5.40. The molecule has 0 saturated carbocycles. The maximum absolute atomic E-state index is 10.6. The summed E-state index contributed by atoms with van der Waals surface area (Å²) < 4.78 is 31.7. The summed E-state index contributed by atoms with van der Waals surface area (Å²) in [5.74, 6) is -2.76. The van der Waals surface area contributed by atoms with E-state index in [-0.39, 0.29) is 0 Å². The van der Waals surface area contributed by atoms with E-state index in [1.54, 1.807) is 36.7 Å². The molecule has 2 rings (SSSR count). The van der Waals surface area contributed by atoms with Crippen LogP contribution in [0.25, 0.3) is 11.4 Å². The number of carbonyl (C=O) groups is 1. The molecule has 0 unspecified atom stereocenters. The number of aromatic nitrogens is 2. The number of rotatable bonds is 1. The summed E-state index contributed by atoms with van der Waals surface area (Å²) in [4.78, 5) is 17.2. The number of pyridine rings is 2. The molecule has 0 aliphatic rings. The van der Waals surface area contributed by atoms with Crippen molar-refractivity contribution in [3.8, 4) is 17.5 Å². The van der Waals surface area contributed by atoms with Gasteiger partial charge in [0.25, 0.3) is 0 Å². The molecule has 22 heavy (non-hydrogen) atoms. The van der Waals surface area contributed by atoms with Gasteiger partial charge in [0.2, 0.25) is 0 Å². The first kappa shape index (κ1) is 16.9. The molecule has 0 radical (unpaired) electrons. The third-order valence-electron chi connectivity index (χ3n) is 2.18. The Morgan fingerprint density at radius 2 is 1.86 bits per heavy atom. The van der Waals surface area contributed by atoms with E-state index in [1.165, 1.54) is 0 Å². The van der Waals surface area contributed by atoms with E-state index >= 15 is 0 Å². The first-order valence-electron chi connectivity index (χ1n) is 5.62. The SMILES string of the molecule is N#Cc1ccnc(-c2ccc(N)cn2)c1.O=C(O)C(F)(F)F. The zero-order chi connectivity index (χ0) is 16.8. The molecule has 9 heteroatoms. The lowest BCUT2D eigenvalue weighted by atomic mass is 10.2. The molecule has 2 aromatic rings. The average Bonchev–Trinajstić information content (AvgIpc) is 2.47. The zero-order valence-corrected chi connectivity index (χ0v) is 10.9. The number of carboxylic acid groups (broad SMARTS) is 1. The van der Waals surface area contributed by atoms with Gasteiger partial charge in [0, 0.05) is 6.20 Å². The highest BCUT2D eigenvalue weighted by Crippen LogP contribution is 2.15. The van der Waals surface area contributed by atoms with Gasteiger partial charge in [-0.15, -0.1) is 0 Å². The topological polar surface area (TPSA) is 113 Å². The average molecular weight is 310 g/mol. The van der Waals surface area contributed by atoms with E-state index in [4.69, 9.17) is 20.9 Å². The molecule has 0 fully saturated rings. The van der Waals surface area contributed by atoms with Gasteiger partial charge in [0.05, 0.1) is 34.9 Å². The molecular formula is C13H9F3N4O2. The summed E-state index contributed by atoms with van der Waals surface area (Å²) in [6.45, 7) is 0. The van der Waals surface area contributed by atoms with E-state index in [0.717, 1.165) is 0 Å². The van der Waals surface area contributed by atoms with Crippen LogP contribution in [0.5, 0.6) is 0 Å². The number of nitrogens with two attached hydrogens (primary N) is 1. The lowest BCUT2D eigenvalue weighted by Gasteiger charge is -1.99. The summed E-state index contributed by atoms with van der Waals surface area (Å²) in [6, 6.07) is 8.93. The predicted molar refractivity (Wildman–Crippen MR) is 70.3 cm³/mol. The molecule has 0 bridgehead atoms. The Morgan fingerprint density at radius 1 is 1.23 bits per heavy atom. The summed E-state index contributed by atoms with van der Waals surface area (Å²) in [7, 11) is 0. The number of hydrogen-bond donors (Lipinski definition) is 2. The van der Waals surface area contributed by atoms with E-state index < -0.39 is 12.1 Å². The van der Waals surface area contributed by atoms with Gasteiger partial charge in [0.15, 0.2) is 0 Å². The Morgan fingerprint density at radius 3 is 2.32 bits per heavy atom. The first-order valence-corrected chi connectivity index (χ1v) is 5.62. The largest absolute Gasteiger partial charge is 0.490 e. The second-order valence-corrected chi connectivity index (χ2v) is 3.82. The Labute approximate surface area is 122 Å². The summed E-state index contributed by atoms with van der Waals surface area (Å²) in [5, 5.41) is 15.9. The van der Waals surface area contributed by atoms with Crippen molar-refractivity contribution < 1.29 is 23.1 Å². The minimum Gasteiger partial charge on any atom is -0.475 e. The second kappa shape index (κ2) is 7.03. The van der Waals surface area contributed by atoms with Crippen LogP contribution in [0.2, 0.25) is 0 Å². The van der Waals surface area contributed by atoms with E-state index in [2.05, 4.69) is 16.0 Å². The standard InChI is InChI=1S/C11H8N4.C2HF3O2/c12-6-8-3-4-14-11(5-8)10-2-1-9(13)7-15-10;3-2(4,5)1(6)7/h1-5,7H,13H2;(H,6,7). The molecule has 0 aliphatic heterocycles. The number of halogens is 3. The number of hydrogen-bond acceptors (Lipinski definition) is 5. The molecule has 0 atom stereocenters.